The Morgan fingerprint density at radius 2 is 1.67 bits per heavy atom. The van der Waals surface area contributed by atoms with Crippen LogP contribution in [-0.2, 0) is 9.59 Å². The number of halogens is 2. The number of hydrogen-bond donors (Lipinski definition) is 2. The quantitative estimate of drug-likeness (QED) is 0.766. The van der Waals surface area contributed by atoms with Crippen LogP contribution in [-0.4, -0.2) is 17.0 Å². The second-order valence-corrected chi connectivity index (χ2v) is 7.14. The minimum atomic E-state index is -0.878. The molecule has 4 nitrogen and oxygen atoms in total. The highest BCUT2D eigenvalue weighted by Crippen LogP contribution is 2.35. The van der Waals surface area contributed by atoms with Crippen LogP contribution < -0.4 is 5.32 Å². The zero-order valence-electron chi connectivity index (χ0n) is 11.7. The average Bonchev–Trinajstić information content (AvgIpc) is 2.42. The summed E-state index contributed by atoms with van der Waals surface area (Å²) in [5.74, 6) is -2.14. The Balaban J connectivity index is 2.19. The van der Waals surface area contributed by atoms with E-state index >= 15 is 0 Å². The van der Waals surface area contributed by atoms with Gasteiger partial charge in [0.15, 0.2) is 0 Å². The third kappa shape index (κ3) is 3.86. The molecule has 0 spiro atoms. The standard InChI is InChI=1S/C15H17Br2NO3/c1-8-6-11(16)13(12(17)7-8)18-14(19)9-4-2-3-5-10(9)15(20)21/h6-7,9-10H,2-5H2,1H3,(H,18,19)(H,20,21). The molecule has 0 saturated heterocycles. The second-order valence-electron chi connectivity index (χ2n) is 5.43. The maximum absolute atomic E-state index is 12.5. The van der Waals surface area contributed by atoms with Crippen molar-refractivity contribution in [3.05, 3.63) is 26.6 Å². The molecule has 1 aromatic rings. The number of rotatable bonds is 3. The van der Waals surface area contributed by atoms with Gasteiger partial charge in [0.25, 0.3) is 0 Å². The minimum absolute atomic E-state index is 0.215. The molecule has 6 heteroatoms. The highest BCUT2D eigenvalue weighted by atomic mass is 79.9. The van der Waals surface area contributed by atoms with Crippen molar-refractivity contribution in [2.75, 3.05) is 5.32 Å². The summed E-state index contributed by atoms with van der Waals surface area (Å²) >= 11 is 6.87. The van der Waals surface area contributed by atoms with Crippen LogP contribution >= 0.6 is 31.9 Å². The molecular formula is C15H17Br2NO3. The Bertz CT molecular complexity index is 551. The Morgan fingerprint density at radius 3 is 2.19 bits per heavy atom. The summed E-state index contributed by atoms with van der Waals surface area (Å²) in [6.45, 7) is 1.96. The summed E-state index contributed by atoms with van der Waals surface area (Å²) in [7, 11) is 0. The van der Waals surface area contributed by atoms with Gasteiger partial charge in [0.05, 0.1) is 17.5 Å². The van der Waals surface area contributed by atoms with Gasteiger partial charge >= 0.3 is 5.97 Å². The fraction of sp³-hybridized carbons (Fsp3) is 0.467. The first-order chi connectivity index (χ1) is 9.90. The topological polar surface area (TPSA) is 66.4 Å². The van der Waals surface area contributed by atoms with Crippen LogP contribution in [0.5, 0.6) is 0 Å². The summed E-state index contributed by atoms with van der Waals surface area (Å²) in [6, 6.07) is 3.83. The first kappa shape index (κ1) is 16.5. The summed E-state index contributed by atoms with van der Waals surface area (Å²) in [5, 5.41) is 12.1. The first-order valence-electron chi connectivity index (χ1n) is 6.89. The van der Waals surface area contributed by atoms with Crippen LogP contribution in [0.15, 0.2) is 21.1 Å². The molecule has 2 N–H and O–H groups in total. The van der Waals surface area contributed by atoms with E-state index in [2.05, 4.69) is 37.2 Å². The summed E-state index contributed by atoms with van der Waals surface area (Å²) in [6.07, 6.45) is 2.98. The Labute approximate surface area is 140 Å². The number of amides is 1. The van der Waals surface area contributed by atoms with Gasteiger partial charge < -0.3 is 10.4 Å². The zero-order chi connectivity index (χ0) is 15.6. The Morgan fingerprint density at radius 1 is 1.14 bits per heavy atom. The fourth-order valence-corrected chi connectivity index (χ4v) is 4.39. The molecule has 0 aliphatic heterocycles. The smallest absolute Gasteiger partial charge is 0.307 e. The van der Waals surface area contributed by atoms with Gasteiger partial charge in [-0.2, -0.15) is 0 Å². The number of anilines is 1. The maximum Gasteiger partial charge on any atom is 0.307 e. The van der Waals surface area contributed by atoms with Crippen LogP contribution in [0, 0.1) is 18.8 Å². The first-order valence-corrected chi connectivity index (χ1v) is 8.48. The third-order valence-electron chi connectivity index (χ3n) is 3.85. The van der Waals surface area contributed by atoms with Gasteiger partial charge in [-0.1, -0.05) is 12.8 Å². The van der Waals surface area contributed by atoms with Crippen molar-refractivity contribution in [2.45, 2.75) is 32.6 Å². The second kappa shape index (κ2) is 6.92. The van der Waals surface area contributed by atoms with Gasteiger partial charge in [-0.05, 0) is 69.3 Å². The summed E-state index contributed by atoms with van der Waals surface area (Å²) in [5.41, 5.74) is 1.72. The molecular weight excluding hydrogens is 402 g/mol. The van der Waals surface area contributed by atoms with Crippen molar-refractivity contribution in [3.8, 4) is 0 Å². The van der Waals surface area contributed by atoms with Crippen LogP contribution in [0.25, 0.3) is 0 Å². The van der Waals surface area contributed by atoms with E-state index in [4.69, 9.17) is 0 Å². The lowest BCUT2D eigenvalue weighted by Crippen LogP contribution is -2.36. The van der Waals surface area contributed by atoms with Gasteiger partial charge in [0.2, 0.25) is 5.91 Å². The number of aliphatic carboxylic acids is 1. The lowest BCUT2D eigenvalue weighted by atomic mass is 9.78. The van der Waals surface area contributed by atoms with Crippen molar-refractivity contribution in [1.82, 2.24) is 0 Å². The molecule has 0 heterocycles. The van der Waals surface area contributed by atoms with Crippen molar-refractivity contribution < 1.29 is 14.7 Å². The zero-order valence-corrected chi connectivity index (χ0v) is 14.8. The van der Waals surface area contributed by atoms with Crippen molar-refractivity contribution >= 4 is 49.4 Å². The predicted octanol–water partition coefficient (Wildman–Crippen LogP) is 4.35. The SMILES string of the molecule is Cc1cc(Br)c(NC(=O)C2CCCCC2C(=O)O)c(Br)c1. The molecule has 1 aliphatic rings. The van der Waals surface area contributed by atoms with Crippen LogP contribution in [0.3, 0.4) is 0 Å². The number of aryl methyl sites for hydroxylation is 1. The van der Waals surface area contributed by atoms with E-state index in [0.717, 1.165) is 27.4 Å². The van der Waals surface area contributed by atoms with E-state index in [-0.39, 0.29) is 5.91 Å². The van der Waals surface area contributed by atoms with E-state index in [0.29, 0.717) is 18.5 Å². The molecule has 1 saturated carbocycles. The number of carboxylic acid groups (broad SMARTS) is 1. The van der Waals surface area contributed by atoms with Gasteiger partial charge in [-0.15, -0.1) is 0 Å². The van der Waals surface area contributed by atoms with E-state index in [1.807, 2.05) is 19.1 Å². The highest BCUT2D eigenvalue weighted by Gasteiger charge is 2.36. The van der Waals surface area contributed by atoms with Gasteiger partial charge in [-0.25, -0.2) is 0 Å². The molecule has 2 rings (SSSR count). The largest absolute Gasteiger partial charge is 0.481 e. The minimum Gasteiger partial charge on any atom is -0.481 e. The lowest BCUT2D eigenvalue weighted by molar-refractivity contribution is -0.147. The van der Waals surface area contributed by atoms with E-state index in [1.165, 1.54) is 0 Å². The molecule has 0 radical (unpaired) electrons. The van der Waals surface area contributed by atoms with Crippen molar-refractivity contribution in [2.24, 2.45) is 11.8 Å². The number of benzene rings is 1. The van der Waals surface area contributed by atoms with Crippen molar-refractivity contribution in [3.63, 3.8) is 0 Å². The summed E-state index contributed by atoms with van der Waals surface area (Å²) < 4.78 is 1.57. The molecule has 21 heavy (non-hydrogen) atoms. The van der Waals surface area contributed by atoms with E-state index < -0.39 is 17.8 Å². The monoisotopic (exact) mass is 417 g/mol. The number of carbonyl (C=O) groups excluding carboxylic acids is 1. The molecule has 1 amide bonds. The van der Waals surface area contributed by atoms with E-state index in [1.54, 1.807) is 0 Å². The van der Waals surface area contributed by atoms with Crippen LogP contribution in [0.2, 0.25) is 0 Å². The van der Waals surface area contributed by atoms with E-state index in [9.17, 15) is 14.7 Å². The third-order valence-corrected chi connectivity index (χ3v) is 5.11. The number of carboxylic acids is 1. The molecule has 2 unspecified atom stereocenters. The average molecular weight is 419 g/mol. The summed E-state index contributed by atoms with van der Waals surface area (Å²) in [4.78, 5) is 23.8. The number of hydrogen-bond acceptors (Lipinski definition) is 2. The Hall–Kier alpha value is -0.880. The highest BCUT2D eigenvalue weighted by molar-refractivity contribution is 9.11. The van der Waals surface area contributed by atoms with Gasteiger partial charge in [0.1, 0.15) is 0 Å². The lowest BCUT2D eigenvalue weighted by Gasteiger charge is -2.27. The van der Waals surface area contributed by atoms with Crippen LogP contribution in [0.1, 0.15) is 31.2 Å². The molecule has 0 bridgehead atoms. The Kier molecular flexibility index (Phi) is 5.43. The molecule has 114 valence electrons. The molecule has 2 atom stereocenters. The molecule has 1 fully saturated rings. The van der Waals surface area contributed by atoms with Crippen molar-refractivity contribution in [1.29, 1.82) is 0 Å². The fourth-order valence-electron chi connectivity index (χ4n) is 2.78. The number of carbonyl (C=O) groups is 2. The number of nitrogens with one attached hydrogen (secondary N) is 1. The maximum atomic E-state index is 12.5. The van der Waals surface area contributed by atoms with Gasteiger partial charge in [0, 0.05) is 8.95 Å². The van der Waals surface area contributed by atoms with Gasteiger partial charge in [-0.3, -0.25) is 9.59 Å². The molecule has 0 aromatic heterocycles. The predicted molar refractivity (Wildman–Crippen MR) is 88.3 cm³/mol. The molecule has 1 aromatic carbocycles. The molecule has 1 aliphatic carbocycles. The normalized spacial score (nSPS) is 21.9. The van der Waals surface area contributed by atoms with Crippen LogP contribution in [0.4, 0.5) is 5.69 Å².